The molecule has 0 unspecified atom stereocenters. The monoisotopic (exact) mass is 620 g/mol. The normalized spacial score (nSPS) is 11.9. The molecule has 2 aromatic heterocycles. The van der Waals surface area contributed by atoms with Crippen LogP contribution in [0.5, 0.6) is 0 Å². The van der Waals surface area contributed by atoms with Crippen molar-refractivity contribution >= 4 is 65.2 Å². The van der Waals surface area contributed by atoms with Crippen molar-refractivity contribution in [1.29, 1.82) is 0 Å². The minimum absolute atomic E-state index is 0.0183. The quantitative estimate of drug-likeness (QED) is 0.184. The van der Waals surface area contributed by atoms with Crippen LogP contribution in [-0.4, -0.2) is 9.13 Å². The lowest BCUT2D eigenvalue weighted by molar-refractivity contribution is 0.816. The summed E-state index contributed by atoms with van der Waals surface area (Å²) in [7, 11) is 0. The first kappa shape index (κ1) is 28.2. The second-order valence-electron chi connectivity index (χ2n) is 12.6. The van der Waals surface area contributed by atoms with E-state index >= 15 is 0 Å². The molecule has 0 radical (unpaired) electrons. The van der Waals surface area contributed by atoms with Crippen molar-refractivity contribution in [3.8, 4) is 22.3 Å². The molecule has 0 saturated carbocycles. The average molecular weight is 621 g/mol. The molecular formula is C44H32N2O2. The number of aryl methyl sites for hydroxylation is 2. The molecule has 0 fully saturated rings. The molecule has 2 heterocycles. The zero-order valence-corrected chi connectivity index (χ0v) is 26.8. The van der Waals surface area contributed by atoms with Crippen molar-refractivity contribution < 1.29 is 0 Å². The van der Waals surface area contributed by atoms with E-state index in [1.165, 1.54) is 10.8 Å². The molecule has 0 spiro atoms. The SMILES string of the molecule is CCn1c2ccc(-c3cccc4ccccc34)cc2c(=O)c2cc3c(cc21)c(=O)c1cc(-c2cccc4ccccc24)ccc1n3CC. The molecule has 4 nitrogen and oxygen atoms in total. The molecular weight excluding hydrogens is 588 g/mol. The van der Waals surface area contributed by atoms with E-state index in [1.807, 2.05) is 36.4 Å². The van der Waals surface area contributed by atoms with Crippen molar-refractivity contribution in [3.63, 3.8) is 0 Å². The van der Waals surface area contributed by atoms with Gasteiger partial charge in [0.05, 0.1) is 22.1 Å². The highest BCUT2D eigenvalue weighted by Crippen LogP contribution is 2.34. The number of aromatic nitrogens is 2. The Morgan fingerprint density at radius 3 is 1.23 bits per heavy atom. The lowest BCUT2D eigenvalue weighted by Crippen LogP contribution is -2.15. The second-order valence-corrected chi connectivity index (χ2v) is 12.6. The van der Waals surface area contributed by atoms with E-state index in [0.29, 0.717) is 34.6 Å². The van der Waals surface area contributed by atoms with Crippen molar-refractivity contribution in [1.82, 2.24) is 9.13 Å². The third-order valence-corrected chi connectivity index (χ3v) is 10.1. The topological polar surface area (TPSA) is 44.0 Å². The highest BCUT2D eigenvalue weighted by Gasteiger charge is 2.18. The van der Waals surface area contributed by atoms with Gasteiger partial charge < -0.3 is 9.13 Å². The zero-order valence-electron chi connectivity index (χ0n) is 26.8. The van der Waals surface area contributed by atoms with E-state index < -0.39 is 0 Å². The average Bonchev–Trinajstić information content (AvgIpc) is 3.14. The Morgan fingerprint density at radius 1 is 0.396 bits per heavy atom. The van der Waals surface area contributed by atoms with Crippen molar-refractivity contribution in [2.45, 2.75) is 26.9 Å². The third-order valence-electron chi connectivity index (χ3n) is 10.1. The summed E-state index contributed by atoms with van der Waals surface area (Å²) in [4.78, 5) is 28.8. The Balaban J connectivity index is 1.32. The lowest BCUT2D eigenvalue weighted by atomic mass is 9.95. The molecule has 230 valence electrons. The molecule has 0 bridgehead atoms. The molecule has 0 amide bonds. The number of nitrogens with zero attached hydrogens (tertiary/aromatic N) is 2. The van der Waals surface area contributed by atoms with Gasteiger partial charge in [-0.3, -0.25) is 9.59 Å². The van der Waals surface area contributed by atoms with Gasteiger partial charge in [-0.05, 0) is 94.0 Å². The number of fused-ring (bicyclic) bond motifs is 6. The van der Waals surface area contributed by atoms with E-state index in [-0.39, 0.29) is 10.9 Å². The maximum atomic E-state index is 14.4. The molecule has 0 atom stereocenters. The summed E-state index contributed by atoms with van der Waals surface area (Å²) in [6, 6.07) is 45.6. The molecule has 0 N–H and O–H groups in total. The summed E-state index contributed by atoms with van der Waals surface area (Å²) >= 11 is 0. The molecule has 9 aromatic rings. The fraction of sp³-hybridized carbons (Fsp3) is 0.0909. The highest BCUT2D eigenvalue weighted by molar-refractivity contribution is 6.06. The maximum absolute atomic E-state index is 14.4. The van der Waals surface area contributed by atoms with Gasteiger partial charge in [0.15, 0.2) is 10.9 Å². The van der Waals surface area contributed by atoms with Crippen molar-refractivity contribution in [3.05, 3.63) is 154 Å². The van der Waals surface area contributed by atoms with Crippen LogP contribution in [0.3, 0.4) is 0 Å². The Bertz CT molecular complexity index is 2700. The Hall–Kier alpha value is -6.00. The van der Waals surface area contributed by atoms with Crippen LogP contribution in [-0.2, 0) is 13.1 Å². The molecule has 0 aliphatic heterocycles. The summed E-state index contributed by atoms with van der Waals surface area (Å²) in [5.74, 6) is 0. The molecule has 48 heavy (non-hydrogen) atoms. The molecule has 7 aromatic carbocycles. The fourth-order valence-corrected chi connectivity index (χ4v) is 7.81. The first-order chi connectivity index (χ1) is 23.6. The Morgan fingerprint density at radius 2 is 0.792 bits per heavy atom. The van der Waals surface area contributed by atoms with E-state index in [9.17, 15) is 9.59 Å². The van der Waals surface area contributed by atoms with Gasteiger partial charge in [0.1, 0.15) is 0 Å². The van der Waals surface area contributed by atoms with Crippen LogP contribution in [0.2, 0.25) is 0 Å². The van der Waals surface area contributed by atoms with Crippen LogP contribution in [0, 0.1) is 0 Å². The van der Waals surface area contributed by atoms with Crippen LogP contribution < -0.4 is 10.9 Å². The van der Waals surface area contributed by atoms with Gasteiger partial charge in [-0.15, -0.1) is 0 Å². The predicted molar refractivity (Wildman–Crippen MR) is 202 cm³/mol. The molecule has 4 heteroatoms. The predicted octanol–water partition coefficient (Wildman–Crippen LogP) is 10.3. The van der Waals surface area contributed by atoms with Gasteiger partial charge in [0.2, 0.25) is 0 Å². The van der Waals surface area contributed by atoms with Crippen LogP contribution in [0.4, 0.5) is 0 Å². The minimum atomic E-state index is -0.0183. The largest absolute Gasteiger partial charge is 0.341 e. The Labute approximate surface area is 276 Å². The van der Waals surface area contributed by atoms with E-state index in [1.54, 1.807) is 0 Å². The van der Waals surface area contributed by atoms with Crippen LogP contribution in [0.15, 0.2) is 143 Å². The van der Waals surface area contributed by atoms with Crippen LogP contribution in [0.25, 0.3) is 87.4 Å². The summed E-state index contributed by atoms with van der Waals surface area (Å²) < 4.78 is 4.34. The van der Waals surface area contributed by atoms with Gasteiger partial charge in [-0.25, -0.2) is 0 Å². The highest BCUT2D eigenvalue weighted by atomic mass is 16.1. The summed E-state index contributed by atoms with van der Waals surface area (Å²) in [6.45, 7) is 5.50. The second kappa shape index (κ2) is 10.8. The number of hydrogen-bond acceptors (Lipinski definition) is 2. The zero-order chi connectivity index (χ0) is 32.5. The molecule has 0 aliphatic rings. The summed E-state index contributed by atoms with van der Waals surface area (Å²) in [6.07, 6.45) is 0. The van der Waals surface area contributed by atoms with Gasteiger partial charge in [0.25, 0.3) is 0 Å². The first-order valence-electron chi connectivity index (χ1n) is 16.6. The molecule has 0 saturated heterocycles. The van der Waals surface area contributed by atoms with Gasteiger partial charge in [0, 0.05) is 34.6 Å². The number of benzene rings is 7. The van der Waals surface area contributed by atoms with Crippen molar-refractivity contribution in [2.75, 3.05) is 0 Å². The number of hydrogen-bond donors (Lipinski definition) is 0. The minimum Gasteiger partial charge on any atom is -0.341 e. The van der Waals surface area contributed by atoms with Gasteiger partial charge >= 0.3 is 0 Å². The Kier molecular flexibility index (Phi) is 6.34. The van der Waals surface area contributed by atoms with Gasteiger partial charge in [-0.1, -0.05) is 97.1 Å². The van der Waals surface area contributed by atoms with Crippen LogP contribution >= 0.6 is 0 Å². The first-order valence-corrected chi connectivity index (χ1v) is 16.6. The smallest absolute Gasteiger partial charge is 0.197 e. The van der Waals surface area contributed by atoms with E-state index in [2.05, 4.69) is 120 Å². The maximum Gasteiger partial charge on any atom is 0.197 e. The number of pyridine rings is 2. The lowest BCUT2D eigenvalue weighted by Gasteiger charge is -2.18. The fourth-order valence-electron chi connectivity index (χ4n) is 7.81. The van der Waals surface area contributed by atoms with E-state index in [0.717, 1.165) is 55.1 Å². The molecule has 0 aliphatic carbocycles. The molecule has 9 rings (SSSR count). The summed E-state index contributed by atoms with van der Waals surface area (Å²) in [5, 5.41) is 7.26. The third kappa shape index (κ3) is 4.09. The number of rotatable bonds is 4. The van der Waals surface area contributed by atoms with Crippen LogP contribution in [0.1, 0.15) is 13.8 Å². The summed E-state index contributed by atoms with van der Waals surface area (Å²) in [5.41, 5.74) is 7.49. The van der Waals surface area contributed by atoms with E-state index in [4.69, 9.17) is 0 Å². The standard InChI is InChI=1S/C44H32N2O2/c1-3-45-39-21-19-29(33-17-9-13-27-11-5-7-15-31(27)33)23-35(39)43(47)37-26-42-38(25-41(37)45)44(48)36-24-30(20-22-40(36)46(42)4-2)34-18-10-14-28-12-6-8-16-32(28)34/h5-26H,3-4H2,1-2H3. The van der Waals surface area contributed by atoms with Crippen molar-refractivity contribution in [2.24, 2.45) is 0 Å². The van der Waals surface area contributed by atoms with Gasteiger partial charge in [-0.2, -0.15) is 0 Å².